The quantitative estimate of drug-likeness (QED) is 0.843. The van der Waals surface area contributed by atoms with Gasteiger partial charge in [0.25, 0.3) is 0 Å². The summed E-state index contributed by atoms with van der Waals surface area (Å²) in [6.07, 6.45) is 0.986. The van der Waals surface area contributed by atoms with Gasteiger partial charge < -0.3 is 5.32 Å². The highest BCUT2D eigenvalue weighted by atomic mass is 19.1. The van der Waals surface area contributed by atoms with Crippen molar-refractivity contribution in [1.29, 1.82) is 5.26 Å². The van der Waals surface area contributed by atoms with Crippen molar-refractivity contribution >= 4 is 0 Å². The number of nitrogens with zero attached hydrogens (tertiary/aromatic N) is 1. The zero-order chi connectivity index (χ0) is 15.2. The lowest BCUT2D eigenvalue weighted by molar-refractivity contribution is 0.587. The summed E-state index contributed by atoms with van der Waals surface area (Å²) < 4.78 is 27.5. The SMILES string of the molecule is CCCNCc1ccc(-c2cc(F)cc(C#N)c2)cc1F. The monoisotopic (exact) mass is 286 g/mol. The maximum atomic E-state index is 14.0. The average Bonchev–Trinajstić information content (AvgIpc) is 2.48. The van der Waals surface area contributed by atoms with Crippen LogP contribution in [0.2, 0.25) is 0 Å². The Bertz CT molecular complexity index is 675. The molecule has 0 spiro atoms. The number of halogens is 2. The maximum absolute atomic E-state index is 14.0. The van der Waals surface area contributed by atoms with Crippen LogP contribution in [0.5, 0.6) is 0 Å². The number of hydrogen-bond donors (Lipinski definition) is 1. The van der Waals surface area contributed by atoms with Crippen molar-refractivity contribution in [1.82, 2.24) is 5.32 Å². The fourth-order valence-corrected chi connectivity index (χ4v) is 2.09. The predicted octanol–water partition coefficient (Wildman–Crippen LogP) is 4.00. The second-order valence-corrected chi connectivity index (χ2v) is 4.82. The van der Waals surface area contributed by atoms with Gasteiger partial charge in [0.2, 0.25) is 0 Å². The standard InChI is InChI=1S/C17H16F2N2/c1-2-5-21-11-14-4-3-13(9-17(14)19)15-6-12(10-20)7-16(18)8-15/h3-4,6-9,21H,2,5,11H2,1H3. The van der Waals surface area contributed by atoms with Gasteiger partial charge in [0, 0.05) is 12.1 Å². The smallest absolute Gasteiger partial charge is 0.128 e. The minimum Gasteiger partial charge on any atom is -0.313 e. The van der Waals surface area contributed by atoms with Crippen LogP contribution in [0.25, 0.3) is 11.1 Å². The number of nitrogens with one attached hydrogen (secondary N) is 1. The number of benzene rings is 2. The molecule has 0 amide bonds. The van der Waals surface area contributed by atoms with Gasteiger partial charge in [-0.05, 0) is 48.4 Å². The van der Waals surface area contributed by atoms with Crippen LogP contribution in [0.15, 0.2) is 36.4 Å². The Balaban J connectivity index is 2.28. The molecule has 0 radical (unpaired) electrons. The molecule has 0 bridgehead atoms. The molecular formula is C17H16F2N2. The second kappa shape index (κ2) is 6.96. The van der Waals surface area contributed by atoms with Crippen molar-refractivity contribution in [3.63, 3.8) is 0 Å². The normalized spacial score (nSPS) is 10.4. The molecule has 0 saturated carbocycles. The molecule has 0 fully saturated rings. The summed E-state index contributed by atoms with van der Waals surface area (Å²) in [6, 6.07) is 10.7. The van der Waals surface area contributed by atoms with E-state index in [2.05, 4.69) is 5.32 Å². The highest BCUT2D eigenvalue weighted by Crippen LogP contribution is 2.24. The summed E-state index contributed by atoms with van der Waals surface area (Å²) in [5.41, 5.74) is 1.85. The van der Waals surface area contributed by atoms with Crippen LogP contribution in [0.3, 0.4) is 0 Å². The molecule has 0 saturated heterocycles. The molecule has 4 heteroatoms. The Hall–Kier alpha value is -2.25. The summed E-state index contributed by atoms with van der Waals surface area (Å²) in [4.78, 5) is 0. The summed E-state index contributed by atoms with van der Waals surface area (Å²) in [5.74, 6) is -0.836. The van der Waals surface area contributed by atoms with Crippen molar-refractivity contribution in [2.45, 2.75) is 19.9 Å². The zero-order valence-electron chi connectivity index (χ0n) is 11.8. The largest absolute Gasteiger partial charge is 0.313 e. The van der Waals surface area contributed by atoms with E-state index in [1.54, 1.807) is 18.2 Å². The Labute approximate surface area is 123 Å². The van der Waals surface area contributed by atoms with E-state index in [0.29, 0.717) is 23.2 Å². The number of nitriles is 1. The molecule has 0 aliphatic carbocycles. The van der Waals surface area contributed by atoms with Crippen molar-refractivity contribution in [3.8, 4) is 17.2 Å². The molecule has 21 heavy (non-hydrogen) atoms. The number of rotatable bonds is 5. The van der Waals surface area contributed by atoms with Gasteiger partial charge in [0.15, 0.2) is 0 Å². The maximum Gasteiger partial charge on any atom is 0.128 e. The van der Waals surface area contributed by atoms with Crippen LogP contribution in [0.1, 0.15) is 24.5 Å². The van der Waals surface area contributed by atoms with Gasteiger partial charge in [-0.3, -0.25) is 0 Å². The first-order chi connectivity index (χ1) is 10.1. The molecular weight excluding hydrogens is 270 g/mol. The van der Waals surface area contributed by atoms with Crippen molar-refractivity contribution in [2.75, 3.05) is 6.54 Å². The zero-order valence-corrected chi connectivity index (χ0v) is 11.8. The molecule has 0 aromatic heterocycles. The van der Waals surface area contributed by atoms with Crippen molar-refractivity contribution in [2.24, 2.45) is 0 Å². The van der Waals surface area contributed by atoms with E-state index in [9.17, 15) is 8.78 Å². The molecule has 2 aromatic rings. The third kappa shape index (κ3) is 3.87. The van der Waals surface area contributed by atoms with Gasteiger partial charge in [0.05, 0.1) is 11.6 Å². The summed E-state index contributed by atoms with van der Waals surface area (Å²) in [6.45, 7) is 3.34. The van der Waals surface area contributed by atoms with Crippen LogP contribution in [0.4, 0.5) is 8.78 Å². The molecule has 2 aromatic carbocycles. The second-order valence-electron chi connectivity index (χ2n) is 4.82. The topological polar surface area (TPSA) is 35.8 Å². The third-order valence-electron chi connectivity index (χ3n) is 3.16. The molecule has 2 rings (SSSR count). The first kappa shape index (κ1) is 15.1. The Morgan fingerprint density at radius 2 is 1.90 bits per heavy atom. The molecule has 108 valence electrons. The predicted molar refractivity (Wildman–Crippen MR) is 78.5 cm³/mol. The molecule has 0 aliphatic heterocycles. The summed E-state index contributed by atoms with van der Waals surface area (Å²) in [5, 5.41) is 12.0. The molecule has 0 heterocycles. The molecule has 2 nitrogen and oxygen atoms in total. The first-order valence-corrected chi connectivity index (χ1v) is 6.84. The summed E-state index contributed by atoms with van der Waals surface area (Å²) >= 11 is 0. The Kier molecular flexibility index (Phi) is 5.02. The Morgan fingerprint density at radius 3 is 2.57 bits per heavy atom. The lowest BCUT2D eigenvalue weighted by atomic mass is 10.0. The van der Waals surface area contributed by atoms with Gasteiger partial charge in [-0.15, -0.1) is 0 Å². The minimum atomic E-state index is -0.502. The van der Waals surface area contributed by atoms with Crippen LogP contribution < -0.4 is 5.32 Å². The van der Waals surface area contributed by atoms with Crippen LogP contribution in [0, 0.1) is 23.0 Å². The van der Waals surface area contributed by atoms with Gasteiger partial charge >= 0.3 is 0 Å². The third-order valence-corrected chi connectivity index (χ3v) is 3.16. The lowest BCUT2D eigenvalue weighted by Gasteiger charge is -2.08. The van der Waals surface area contributed by atoms with E-state index in [1.165, 1.54) is 12.1 Å². The van der Waals surface area contributed by atoms with E-state index < -0.39 is 5.82 Å². The van der Waals surface area contributed by atoms with Gasteiger partial charge in [0.1, 0.15) is 11.6 Å². The highest BCUT2D eigenvalue weighted by Gasteiger charge is 2.07. The Morgan fingerprint density at radius 1 is 1.10 bits per heavy atom. The lowest BCUT2D eigenvalue weighted by Crippen LogP contribution is -2.14. The first-order valence-electron chi connectivity index (χ1n) is 6.84. The molecule has 0 aliphatic rings. The van der Waals surface area contributed by atoms with Gasteiger partial charge in [-0.2, -0.15) is 5.26 Å². The van der Waals surface area contributed by atoms with Gasteiger partial charge in [-0.1, -0.05) is 19.1 Å². The van der Waals surface area contributed by atoms with Crippen LogP contribution in [-0.2, 0) is 6.54 Å². The minimum absolute atomic E-state index is 0.221. The van der Waals surface area contributed by atoms with E-state index >= 15 is 0 Å². The van der Waals surface area contributed by atoms with Crippen LogP contribution in [-0.4, -0.2) is 6.54 Å². The van der Waals surface area contributed by atoms with Crippen molar-refractivity contribution < 1.29 is 8.78 Å². The van der Waals surface area contributed by atoms with Crippen molar-refractivity contribution in [3.05, 3.63) is 59.2 Å². The van der Waals surface area contributed by atoms with Crippen LogP contribution >= 0.6 is 0 Å². The van der Waals surface area contributed by atoms with E-state index in [-0.39, 0.29) is 11.4 Å². The molecule has 0 unspecified atom stereocenters. The van der Waals surface area contributed by atoms with E-state index in [0.717, 1.165) is 19.0 Å². The van der Waals surface area contributed by atoms with E-state index in [1.807, 2.05) is 13.0 Å². The van der Waals surface area contributed by atoms with Gasteiger partial charge in [-0.25, -0.2) is 8.78 Å². The molecule has 1 N–H and O–H groups in total. The average molecular weight is 286 g/mol. The highest BCUT2D eigenvalue weighted by molar-refractivity contribution is 5.65. The fraction of sp³-hybridized carbons (Fsp3) is 0.235. The summed E-state index contributed by atoms with van der Waals surface area (Å²) in [7, 11) is 0. The number of hydrogen-bond acceptors (Lipinski definition) is 2. The molecule has 0 atom stereocenters. The van der Waals surface area contributed by atoms with E-state index in [4.69, 9.17) is 5.26 Å². The fourth-order valence-electron chi connectivity index (χ4n) is 2.09.